The predicted molar refractivity (Wildman–Crippen MR) is 83.9 cm³/mol. The normalized spacial score (nSPS) is 17.0. The van der Waals surface area contributed by atoms with Crippen molar-refractivity contribution >= 4 is 17.3 Å². The average Bonchev–Trinajstić information content (AvgIpc) is 2.36. The summed E-state index contributed by atoms with van der Waals surface area (Å²) >= 11 is 5.87. The molecule has 0 atom stereocenters. The van der Waals surface area contributed by atoms with E-state index in [0.29, 0.717) is 11.1 Å². The molecule has 0 amide bonds. The third kappa shape index (κ3) is 4.80. The van der Waals surface area contributed by atoms with Crippen LogP contribution in [0, 0.1) is 5.82 Å². The van der Waals surface area contributed by atoms with Crippen LogP contribution < -0.4 is 5.32 Å². The molecule has 2 rings (SSSR count). The van der Waals surface area contributed by atoms with Crippen molar-refractivity contribution in [3.63, 3.8) is 0 Å². The first-order valence-corrected chi connectivity index (χ1v) is 7.49. The number of hydrogen-bond donors (Lipinski definition) is 1. The summed E-state index contributed by atoms with van der Waals surface area (Å²) in [5.41, 5.74) is 2.14. The summed E-state index contributed by atoms with van der Waals surface area (Å²) in [6, 6.07) is 5.01. The molecule has 1 aliphatic rings. The molecular formula is C16H22ClFN2. The van der Waals surface area contributed by atoms with Crippen LogP contribution in [0.25, 0.3) is 0 Å². The first-order valence-electron chi connectivity index (χ1n) is 7.11. The Morgan fingerprint density at radius 2 is 2.05 bits per heavy atom. The maximum atomic E-state index is 13.3. The molecule has 0 aromatic heterocycles. The Kier molecular flexibility index (Phi) is 5.44. The zero-order valence-electron chi connectivity index (χ0n) is 12.1. The van der Waals surface area contributed by atoms with Gasteiger partial charge in [0.15, 0.2) is 0 Å². The van der Waals surface area contributed by atoms with Crippen molar-refractivity contribution < 1.29 is 4.39 Å². The van der Waals surface area contributed by atoms with Crippen LogP contribution in [-0.2, 0) is 0 Å². The molecule has 4 heteroatoms. The van der Waals surface area contributed by atoms with Crippen LogP contribution in [0.4, 0.5) is 10.1 Å². The number of rotatable bonds is 4. The summed E-state index contributed by atoms with van der Waals surface area (Å²) < 4.78 is 13.3. The fourth-order valence-corrected chi connectivity index (χ4v) is 2.67. The van der Waals surface area contributed by atoms with E-state index < -0.39 is 0 Å². The van der Waals surface area contributed by atoms with Crippen molar-refractivity contribution in [2.24, 2.45) is 0 Å². The van der Waals surface area contributed by atoms with Crippen LogP contribution in [-0.4, -0.2) is 30.6 Å². The first-order chi connectivity index (χ1) is 9.52. The van der Waals surface area contributed by atoms with Gasteiger partial charge in [0.1, 0.15) is 5.82 Å². The van der Waals surface area contributed by atoms with Crippen LogP contribution in [0.3, 0.4) is 0 Å². The Bertz CT molecular complexity index is 455. The number of benzene rings is 1. The SMILES string of the molecule is CC(C)=CCN1CCC(Nc2cc(F)cc(Cl)c2)CC1. The molecule has 0 aliphatic carbocycles. The molecule has 1 aliphatic heterocycles. The maximum Gasteiger partial charge on any atom is 0.126 e. The topological polar surface area (TPSA) is 15.3 Å². The first kappa shape index (κ1) is 15.3. The van der Waals surface area contributed by atoms with E-state index in [9.17, 15) is 4.39 Å². The number of nitrogens with zero attached hydrogens (tertiary/aromatic N) is 1. The second kappa shape index (κ2) is 7.09. The molecule has 1 fully saturated rings. The van der Waals surface area contributed by atoms with Crippen molar-refractivity contribution in [1.82, 2.24) is 4.90 Å². The minimum Gasteiger partial charge on any atom is -0.382 e. The van der Waals surface area contributed by atoms with Crippen molar-refractivity contribution in [2.45, 2.75) is 32.7 Å². The molecule has 1 N–H and O–H groups in total. The van der Waals surface area contributed by atoms with Crippen LogP contribution in [0.15, 0.2) is 29.8 Å². The number of nitrogens with one attached hydrogen (secondary N) is 1. The monoisotopic (exact) mass is 296 g/mol. The standard InChI is InChI=1S/C16H22ClFN2/c1-12(2)3-6-20-7-4-15(5-8-20)19-16-10-13(17)9-14(18)11-16/h3,9-11,15,19H,4-8H2,1-2H3. The second-order valence-electron chi connectivity index (χ2n) is 5.66. The van der Waals surface area contributed by atoms with Gasteiger partial charge in [-0.1, -0.05) is 23.3 Å². The molecular weight excluding hydrogens is 275 g/mol. The Morgan fingerprint density at radius 1 is 1.35 bits per heavy atom. The van der Waals surface area contributed by atoms with Gasteiger partial charge >= 0.3 is 0 Å². The van der Waals surface area contributed by atoms with Gasteiger partial charge in [0, 0.05) is 36.4 Å². The van der Waals surface area contributed by atoms with Crippen LogP contribution in [0.1, 0.15) is 26.7 Å². The van der Waals surface area contributed by atoms with Gasteiger partial charge in [0.25, 0.3) is 0 Å². The lowest BCUT2D eigenvalue weighted by Gasteiger charge is -2.32. The third-order valence-corrected chi connectivity index (χ3v) is 3.80. The smallest absolute Gasteiger partial charge is 0.126 e. The van der Waals surface area contributed by atoms with Gasteiger partial charge in [-0.3, -0.25) is 4.90 Å². The molecule has 0 bridgehead atoms. The number of hydrogen-bond acceptors (Lipinski definition) is 2. The zero-order chi connectivity index (χ0) is 14.5. The van der Waals surface area contributed by atoms with Gasteiger partial charge in [-0.2, -0.15) is 0 Å². The molecule has 1 aromatic carbocycles. The summed E-state index contributed by atoms with van der Waals surface area (Å²) in [6.07, 6.45) is 4.41. The number of anilines is 1. The molecule has 0 spiro atoms. The van der Waals surface area contributed by atoms with Crippen molar-refractivity contribution in [1.29, 1.82) is 0 Å². The summed E-state index contributed by atoms with van der Waals surface area (Å²) in [4.78, 5) is 2.45. The fraction of sp³-hybridized carbons (Fsp3) is 0.500. The quantitative estimate of drug-likeness (QED) is 0.832. The molecule has 1 aromatic rings. The molecule has 1 saturated heterocycles. The Hall–Kier alpha value is -1.06. The van der Waals surface area contributed by atoms with Gasteiger partial charge < -0.3 is 5.32 Å². The second-order valence-corrected chi connectivity index (χ2v) is 6.10. The predicted octanol–water partition coefficient (Wildman–Crippen LogP) is 4.32. The van der Waals surface area contributed by atoms with E-state index in [1.165, 1.54) is 17.7 Å². The Morgan fingerprint density at radius 3 is 2.65 bits per heavy atom. The molecule has 0 saturated carbocycles. The van der Waals surface area contributed by atoms with E-state index in [4.69, 9.17) is 11.6 Å². The minimum absolute atomic E-state index is 0.291. The van der Waals surface area contributed by atoms with Crippen molar-refractivity contribution in [2.75, 3.05) is 25.0 Å². The average molecular weight is 297 g/mol. The maximum absolute atomic E-state index is 13.3. The molecule has 0 unspecified atom stereocenters. The summed E-state index contributed by atoms with van der Waals surface area (Å²) in [5.74, 6) is -0.291. The lowest BCUT2D eigenvalue weighted by atomic mass is 10.0. The molecule has 0 radical (unpaired) electrons. The van der Waals surface area contributed by atoms with E-state index in [2.05, 4.69) is 30.1 Å². The summed E-state index contributed by atoms with van der Waals surface area (Å²) in [7, 11) is 0. The fourth-order valence-electron chi connectivity index (χ4n) is 2.44. The van der Waals surface area contributed by atoms with E-state index in [1.54, 1.807) is 6.07 Å². The van der Waals surface area contributed by atoms with E-state index in [1.807, 2.05) is 0 Å². The minimum atomic E-state index is -0.291. The summed E-state index contributed by atoms with van der Waals surface area (Å²) in [5, 5.41) is 3.82. The highest BCUT2D eigenvalue weighted by atomic mass is 35.5. The summed E-state index contributed by atoms with van der Waals surface area (Å²) in [6.45, 7) is 7.43. The van der Waals surface area contributed by atoms with Crippen molar-refractivity contribution in [3.05, 3.63) is 40.7 Å². The molecule has 110 valence electrons. The number of likely N-dealkylation sites (tertiary alicyclic amines) is 1. The van der Waals surface area contributed by atoms with Gasteiger partial charge in [0.2, 0.25) is 0 Å². The number of allylic oxidation sites excluding steroid dienone is 1. The van der Waals surface area contributed by atoms with Crippen LogP contribution >= 0.6 is 11.6 Å². The lowest BCUT2D eigenvalue weighted by molar-refractivity contribution is 0.240. The van der Waals surface area contributed by atoms with Crippen LogP contribution in [0.5, 0.6) is 0 Å². The van der Waals surface area contributed by atoms with E-state index >= 15 is 0 Å². The van der Waals surface area contributed by atoms with Gasteiger partial charge in [-0.25, -0.2) is 4.39 Å². The molecule has 2 nitrogen and oxygen atoms in total. The largest absolute Gasteiger partial charge is 0.382 e. The third-order valence-electron chi connectivity index (χ3n) is 3.58. The van der Waals surface area contributed by atoms with Crippen molar-refractivity contribution in [3.8, 4) is 0 Å². The Balaban J connectivity index is 1.83. The lowest BCUT2D eigenvalue weighted by Crippen LogP contribution is -2.39. The van der Waals surface area contributed by atoms with E-state index in [0.717, 1.165) is 38.2 Å². The zero-order valence-corrected chi connectivity index (χ0v) is 12.9. The number of piperidine rings is 1. The highest BCUT2D eigenvalue weighted by Crippen LogP contribution is 2.21. The van der Waals surface area contributed by atoms with Gasteiger partial charge in [-0.15, -0.1) is 0 Å². The van der Waals surface area contributed by atoms with Crippen LogP contribution in [0.2, 0.25) is 5.02 Å². The molecule has 1 heterocycles. The highest BCUT2D eigenvalue weighted by Gasteiger charge is 2.18. The van der Waals surface area contributed by atoms with E-state index in [-0.39, 0.29) is 5.82 Å². The number of halogens is 2. The Labute approximate surface area is 125 Å². The van der Waals surface area contributed by atoms with Gasteiger partial charge in [0.05, 0.1) is 0 Å². The highest BCUT2D eigenvalue weighted by molar-refractivity contribution is 6.30. The van der Waals surface area contributed by atoms with Gasteiger partial charge in [-0.05, 0) is 44.9 Å². The molecule has 20 heavy (non-hydrogen) atoms.